The lowest BCUT2D eigenvalue weighted by atomic mass is 10.2. The zero-order valence-corrected chi connectivity index (χ0v) is 10.6. The molecule has 0 radical (unpaired) electrons. The molecule has 1 aromatic rings. The van der Waals surface area contributed by atoms with Crippen molar-refractivity contribution in [2.75, 3.05) is 25.8 Å². The molecular formula is C13H16N2O4. The Kier molecular flexibility index (Phi) is 3.27. The van der Waals surface area contributed by atoms with Crippen molar-refractivity contribution in [3.63, 3.8) is 0 Å². The van der Waals surface area contributed by atoms with Gasteiger partial charge in [-0.15, -0.1) is 0 Å². The number of ether oxygens (including phenoxy) is 3. The summed E-state index contributed by atoms with van der Waals surface area (Å²) in [5.41, 5.74) is 0.705. The molecule has 6 nitrogen and oxygen atoms in total. The maximum Gasteiger partial charge on any atom is 0.241 e. The van der Waals surface area contributed by atoms with Crippen LogP contribution in [0.2, 0.25) is 0 Å². The lowest BCUT2D eigenvalue weighted by Crippen LogP contribution is -2.35. The number of rotatable bonds is 3. The molecule has 2 atom stereocenters. The number of hydrogen-bond donors (Lipinski definition) is 2. The van der Waals surface area contributed by atoms with Crippen LogP contribution in [0.5, 0.6) is 11.5 Å². The first-order chi connectivity index (χ1) is 9.26. The Labute approximate surface area is 111 Å². The molecule has 6 heteroatoms. The molecule has 3 rings (SSSR count). The Bertz CT molecular complexity index is 492. The Morgan fingerprint density at radius 1 is 1.42 bits per heavy atom. The summed E-state index contributed by atoms with van der Waals surface area (Å²) in [5, 5.41) is 6.00. The number of carbonyl (C=O) groups excluding carboxylic acids is 1. The smallest absolute Gasteiger partial charge is 0.241 e. The molecule has 1 amide bonds. The first-order valence-corrected chi connectivity index (χ1v) is 6.23. The minimum atomic E-state index is -0.213. The molecular weight excluding hydrogens is 248 g/mol. The summed E-state index contributed by atoms with van der Waals surface area (Å²) in [4.78, 5) is 12.1. The van der Waals surface area contributed by atoms with E-state index in [1.165, 1.54) is 0 Å². The Morgan fingerprint density at radius 3 is 3.05 bits per heavy atom. The van der Waals surface area contributed by atoms with Crippen molar-refractivity contribution >= 4 is 11.6 Å². The van der Waals surface area contributed by atoms with E-state index in [9.17, 15) is 4.79 Å². The van der Waals surface area contributed by atoms with Gasteiger partial charge in [0.05, 0.1) is 12.1 Å². The molecule has 102 valence electrons. The van der Waals surface area contributed by atoms with Crippen molar-refractivity contribution in [3.05, 3.63) is 18.2 Å². The summed E-state index contributed by atoms with van der Waals surface area (Å²) in [7, 11) is 1.66. The van der Waals surface area contributed by atoms with E-state index in [0.29, 0.717) is 30.2 Å². The number of carbonyl (C=O) groups is 1. The summed E-state index contributed by atoms with van der Waals surface area (Å²) in [6.45, 7) is 0.933. The average Bonchev–Trinajstić information content (AvgIpc) is 3.06. The predicted molar refractivity (Wildman–Crippen MR) is 68.4 cm³/mol. The van der Waals surface area contributed by atoms with Gasteiger partial charge in [-0.2, -0.15) is 0 Å². The molecule has 0 aliphatic carbocycles. The standard InChI is InChI=1S/C13H16N2O4/c1-17-9-5-10(14-6-9)13(16)15-8-2-3-11-12(4-8)19-7-18-11/h2-4,9-10,14H,5-7H2,1H3,(H,15,16). The Balaban J connectivity index is 1.63. The molecule has 0 saturated carbocycles. The highest BCUT2D eigenvalue weighted by molar-refractivity contribution is 5.95. The number of hydrogen-bond acceptors (Lipinski definition) is 5. The van der Waals surface area contributed by atoms with Crippen LogP contribution < -0.4 is 20.1 Å². The predicted octanol–water partition coefficient (Wildman–Crippen LogP) is 0.731. The minimum absolute atomic E-state index is 0.0570. The zero-order valence-electron chi connectivity index (χ0n) is 10.6. The van der Waals surface area contributed by atoms with Crippen LogP contribution >= 0.6 is 0 Å². The van der Waals surface area contributed by atoms with Crippen molar-refractivity contribution in [1.82, 2.24) is 5.32 Å². The van der Waals surface area contributed by atoms with E-state index in [-0.39, 0.29) is 24.8 Å². The molecule has 2 N–H and O–H groups in total. The van der Waals surface area contributed by atoms with Gasteiger partial charge in [-0.1, -0.05) is 0 Å². The van der Waals surface area contributed by atoms with Gasteiger partial charge >= 0.3 is 0 Å². The second-order valence-corrected chi connectivity index (χ2v) is 4.61. The largest absolute Gasteiger partial charge is 0.454 e. The molecule has 0 spiro atoms. The van der Waals surface area contributed by atoms with Gasteiger partial charge in [0.25, 0.3) is 0 Å². The number of amides is 1. The van der Waals surface area contributed by atoms with Crippen molar-refractivity contribution in [2.24, 2.45) is 0 Å². The fourth-order valence-corrected chi connectivity index (χ4v) is 2.29. The van der Waals surface area contributed by atoms with Gasteiger partial charge in [0.15, 0.2) is 11.5 Å². The fraction of sp³-hybridized carbons (Fsp3) is 0.462. The third-order valence-electron chi connectivity index (χ3n) is 3.38. The second-order valence-electron chi connectivity index (χ2n) is 4.61. The highest BCUT2D eigenvalue weighted by Gasteiger charge is 2.29. The molecule has 0 aromatic heterocycles. The van der Waals surface area contributed by atoms with Gasteiger partial charge in [0.2, 0.25) is 12.7 Å². The van der Waals surface area contributed by atoms with Crippen LogP contribution in [0.15, 0.2) is 18.2 Å². The molecule has 2 heterocycles. The summed E-state index contributed by atoms with van der Waals surface area (Å²) in [5.74, 6) is 1.31. The van der Waals surface area contributed by atoms with Gasteiger partial charge in [-0.3, -0.25) is 4.79 Å². The molecule has 2 unspecified atom stereocenters. The Hall–Kier alpha value is -1.79. The van der Waals surface area contributed by atoms with Crippen LogP contribution in [0.25, 0.3) is 0 Å². The second kappa shape index (κ2) is 5.07. The summed E-state index contributed by atoms with van der Waals surface area (Å²) in [6, 6.07) is 5.14. The van der Waals surface area contributed by atoms with Gasteiger partial charge in [-0.05, 0) is 18.6 Å². The van der Waals surface area contributed by atoms with Crippen LogP contribution in [0, 0.1) is 0 Å². The third kappa shape index (κ3) is 2.50. The number of fused-ring (bicyclic) bond motifs is 1. The van der Waals surface area contributed by atoms with E-state index in [1.54, 1.807) is 25.3 Å². The van der Waals surface area contributed by atoms with Gasteiger partial charge < -0.3 is 24.8 Å². The van der Waals surface area contributed by atoms with Crippen LogP contribution in [-0.2, 0) is 9.53 Å². The number of methoxy groups -OCH3 is 1. The molecule has 0 bridgehead atoms. The minimum Gasteiger partial charge on any atom is -0.454 e. The van der Waals surface area contributed by atoms with E-state index in [0.717, 1.165) is 0 Å². The van der Waals surface area contributed by atoms with E-state index in [4.69, 9.17) is 14.2 Å². The van der Waals surface area contributed by atoms with Crippen molar-refractivity contribution < 1.29 is 19.0 Å². The summed E-state index contributed by atoms with van der Waals surface area (Å²) < 4.78 is 15.7. The van der Waals surface area contributed by atoms with Crippen LogP contribution in [0.3, 0.4) is 0 Å². The number of nitrogens with one attached hydrogen (secondary N) is 2. The van der Waals surface area contributed by atoms with Gasteiger partial charge in [-0.25, -0.2) is 0 Å². The zero-order chi connectivity index (χ0) is 13.2. The van der Waals surface area contributed by atoms with Crippen molar-refractivity contribution in [2.45, 2.75) is 18.6 Å². The van der Waals surface area contributed by atoms with Crippen LogP contribution in [-0.4, -0.2) is 38.5 Å². The number of benzene rings is 1. The summed E-state index contributed by atoms with van der Waals surface area (Å²) in [6.07, 6.45) is 0.792. The molecule has 1 saturated heterocycles. The van der Waals surface area contributed by atoms with Crippen molar-refractivity contribution in [1.29, 1.82) is 0 Å². The van der Waals surface area contributed by atoms with E-state index < -0.39 is 0 Å². The average molecular weight is 264 g/mol. The lowest BCUT2D eigenvalue weighted by Gasteiger charge is -2.11. The molecule has 19 heavy (non-hydrogen) atoms. The molecule has 1 fully saturated rings. The highest BCUT2D eigenvalue weighted by Crippen LogP contribution is 2.34. The van der Waals surface area contributed by atoms with Crippen molar-refractivity contribution in [3.8, 4) is 11.5 Å². The quantitative estimate of drug-likeness (QED) is 0.842. The van der Waals surface area contributed by atoms with E-state index >= 15 is 0 Å². The summed E-state index contributed by atoms with van der Waals surface area (Å²) >= 11 is 0. The topological polar surface area (TPSA) is 68.8 Å². The first-order valence-electron chi connectivity index (χ1n) is 6.23. The maximum absolute atomic E-state index is 12.1. The molecule has 1 aromatic carbocycles. The number of anilines is 1. The van der Waals surface area contributed by atoms with Crippen LogP contribution in [0.1, 0.15) is 6.42 Å². The maximum atomic E-state index is 12.1. The SMILES string of the molecule is COC1CNC(C(=O)Nc2ccc3c(c2)OCO3)C1. The third-order valence-corrected chi connectivity index (χ3v) is 3.38. The monoisotopic (exact) mass is 264 g/mol. The lowest BCUT2D eigenvalue weighted by molar-refractivity contribution is -0.118. The van der Waals surface area contributed by atoms with Crippen LogP contribution in [0.4, 0.5) is 5.69 Å². The van der Waals surface area contributed by atoms with E-state index in [1.807, 2.05) is 0 Å². The van der Waals surface area contributed by atoms with Gasteiger partial charge in [0.1, 0.15) is 0 Å². The molecule has 2 aliphatic heterocycles. The highest BCUT2D eigenvalue weighted by atomic mass is 16.7. The Morgan fingerprint density at radius 2 is 2.26 bits per heavy atom. The first kappa shape index (κ1) is 12.3. The van der Waals surface area contributed by atoms with E-state index in [2.05, 4.69) is 10.6 Å². The van der Waals surface area contributed by atoms with Gasteiger partial charge in [0, 0.05) is 25.4 Å². The molecule has 2 aliphatic rings. The normalized spacial score (nSPS) is 24.5. The fourth-order valence-electron chi connectivity index (χ4n) is 2.29.